The maximum Gasteiger partial charge on any atom is 0.255 e. The Morgan fingerprint density at radius 3 is 2.82 bits per heavy atom. The van der Waals surface area contributed by atoms with Crippen LogP contribution in [-0.4, -0.2) is 76.0 Å². The van der Waals surface area contributed by atoms with Gasteiger partial charge in [0, 0.05) is 43.6 Å². The Morgan fingerprint density at radius 2 is 2.08 bits per heavy atom. The molecule has 1 aromatic heterocycles. The Morgan fingerprint density at radius 1 is 1.23 bits per heavy atom. The SMILES string of the molecule is COc1cccc([C@@H](CO)NC(=O)[C@@H](C)N2Cc3ccc(-c4ccnc(NC5CC=NN5C)n4)cc3C2=O)c1. The van der Waals surface area contributed by atoms with Gasteiger partial charge in [-0.2, -0.15) is 5.10 Å². The molecule has 0 saturated heterocycles. The van der Waals surface area contributed by atoms with E-state index in [1.165, 1.54) is 4.90 Å². The molecule has 0 bridgehead atoms. The molecule has 11 nitrogen and oxygen atoms in total. The van der Waals surface area contributed by atoms with E-state index in [0.717, 1.165) is 17.5 Å². The molecular formula is C28H31N7O4. The van der Waals surface area contributed by atoms with Gasteiger partial charge in [0.25, 0.3) is 5.91 Å². The fourth-order valence-corrected chi connectivity index (χ4v) is 4.72. The minimum absolute atomic E-state index is 0.0163. The number of fused-ring (bicyclic) bond motifs is 1. The molecule has 1 unspecified atom stereocenters. The molecule has 0 radical (unpaired) electrons. The van der Waals surface area contributed by atoms with Crippen LogP contribution in [-0.2, 0) is 11.3 Å². The number of anilines is 1. The third kappa shape index (κ3) is 5.39. The van der Waals surface area contributed by atoms with Crippen molar-refractivity contribution >= 4 is 24.0 Å². The van der Waals surface area contributed by atoms with Crippen LogP contribution in [0.15, 0.2) is 59.8 Å². The van der Waals surface area contributed by atoms with E-state index in [9.17, 15) is 14.7 Å². The summed E-state index contributed by atoms with van der Waals surface area (Å²) in [5, 5.41) is 22.1. The Labute approximate surface area is 226 Å². The van der Waals surface area contributed by atoms with Gasteiger partial charge in [-0.25, -0.2) is 9.97 Å². The molecule has 2 aliphatic heterocycles. The summed E-state index contributed by atoms with van der Waals surface area (Å²) in [5.41, 5.74) is 3.55. The number of hydrogen-bond donors (Lipinski definition) is 3. The average molecular weight is 530 g/mol. The van der Waals surface area contributed by atoms with Crippen LogP contribution in [0.3, 0.4) is 0 Å². The molecule has 0 aliphatic carbocycles. The first-order valence-corrected chi connectivity index (χ1v) is 12.7. The maximum absolute atomic E-state index is 13.4. The zero-order chi connectivity index (χ0) is 27.5. The first kappa shape index (κ1) is 26.1. The summed E-state index contributed by atoms with van der Waals surface area (Å²) in [4.78, 5) is 37.0. The fraction of sp³-hybridized carbons (Fsp3) is 0.321. The van der Waals surface area contributed by atoms with Crippen molar-refractivity contribution in [2.75, 3.05) is 26.1 Å². The van der Waals surface area contributed by atoms with Crippen LogP contribution >= 0.6 is 0 Å². The molecule has 39 heavy (non-hydrogen) atoms. The van der Waals surface area contributed by atoms with Gasteiger partial charge in [0.15, 0.2) is 0 Å². The van der Waals surface area contributed by atoms with Crippen LogP contribution in [0.4, 0.5) is 5.95 Å². The van der Waals surface area contributed by atoms with Gasteiger partial charge in [-0.1, -0.05) is 24.3 Å². The summed E-state index contributed by atoms with van der Waals surface area (Å²) in [6.07, 6.45) is 4.24. The number of aromatic nitrogens is 2. The van der Waals surface area contributed by atoms with Crippen molar-refractivity contribution in [3.63, 3.8) is 0 Å². The highest BCUT2D eigenvalue weighted by Crippen LogP contribution is 2.30. The van der Waals surface area contributed by atoms with Crippen molar-refractivity contribution < 1.29 is 19.4 Å². The summed E-state index contributed by atoms with van der Waals surface area (Å²) < 4.78 is 5.25. The molecule has 3 heterocycles. The molecule has 11 heteroatoms. The van der Waals surface area contributed by atoms with Crippen LogP contribution in [0.5, 0.6) is 5.75 Å². The lowest BCUT2D eigenvalue weighted by Crippen LogP contribution is -2.46. The molecule has 3 atom stereocenters. The van der Waals surface area contributed by atoms with E-state index in [1.54, 1.807) is 50.6 Å². The highest BCUT2D eigenvalue weighted by atomic mass is 16.5. The monoisotopic (exact) mass is 529 g/mol. The lowest BCUT2D eigenvalue weighted by Gasteiger charge is -2.26. The molecule has 0 fully saturated rings. The molecule has 0 spiro atoms. The molecule has 3 N–H and O–H groups in total. The summed E-state index contributed by atoms with van der Waals surface area (Å²) in [7, 11) is 3.44. The Balaban J connectivity index is 1.28. The van der Waals surface area contributed by atoms with Crippen LogP contribution in [0.2, 0.25) is 0 Å². The van der Waals surface area contributed by atoms with Crippen molar-refractivity contribution in [3.8, 4) is 17.0 Å². The van der Waals surface area contributed by atoms with E-state index < -0.39 is 12.1 Å². The standard InChI is InChI=1S/C28H31N7O4/c1-17(26(37)31-24(16-36)18-5-4-6-21(13-18)39-3)35-15-20-8-7-19(14-22(20)27(35)38)23-9-11-29-28(32-23)33-25-10-12-30-34(25)2/h4-9,11-14,17,24-25,36H,10,15-16H2,1-3H3,(H,31,37)(H,29,32,33)/t17-,24-,25?/m1/s1. The Hall–Kier alpha value is -4.51. The van der Waals surface area contributed by atoms with Crippen LogP contribution < -0.4 is 15.4 Å². The van der Waals surface area contributed by atoms with E-state index in [1.807, 2.05) is 36.5 Å². The molecular weight excluding hydrogens is 498 g/mol. The van der Waals surface area contributed by atoms with Crippen molar-refractivity contribution in [1.82, 2.24) is 25.2 Å². The highest BCUT2D eigenvalue weighted by molar-refractivity contribution is 6.02. The number of ether oxygens (including phenoxy) is 1. The number of hydrazone groups is 1. The number of carbonyl (C=O) groups is 2. The number of rotatable bonds is 9. The summed E-state index contributed by atoms with van der Waals surface area (Å²) in [6, 6.07) is 13.2. The lowest BCUT2D eigenvalue weighted by atomic mass is 10.0. The zero-order valence-corrected chi connectivity index (χ0v) is 22.0. The van der Waals surface area contributed by atoms with Gasteiger partial charge in [-0.15, -0.1) is 0 Å². The second kappa shape index (κ2) is 11.1. The first-order valence-electron chi connectivity index (χ1n) is 12.7. The number of aliphatic hydroxyl groups is 1. The second-order valence-corrected chi connectivity index (χ2v) is 9.53. The smallest absolute Gasteiger partial charge is 0.255 e. The van der Waals surface area contributed by atoms with E-state index in [0.29, 0.717) is 35.1 Å². The second-order valence-electron chi connectivity index (χ2n) is 9.53. The molecule has 5 rings (SSSR count). The molecule has 202 valence electrons. The maximum atomic E-state index is 13.4. The molecule has 2 amide bonds. The van der Waals surface area contributed by atoms with Gasteiger partial charge in [0.05, 0.1) is 25.5 Å². The van der Waals surface area contributed by atoms with Gasteiger partial charge in [-0.05, 0) is 42.3 Å². The molecule has 2 aliphatic rings. The van der Waals surface area contributed by atoms with Crippen molar-refractivity contribution in [1.29, 1.82) is 0 Å². The quantitative estimate of drug-likeness (QED) is 0.385. The highest BCUT2D eigenvalue weighted by Gasteiger charge is 2.35. The van der Waals surface area contributed by atoms with Gasteiger partial charge in [0.2, 0.25) is 11.9 Å². The number of hydrogen-bond acceptors (Lipinski definition) is 9. The predicted octanol–water partition coefficient (Wildman–Crippen LogP) is 2.41. The number of benzene rings is 2. The van der Waals surface area contributed by atoms with Gasteiger partial charge >= 0.3 is 0 Å². The minimum atomic E-state index is -0.742. The number of methoxy groups -OCH3 is 1. The largest absolute Gasteiger partial charge is 0.497 e. The molecule has 0 saturated carbocycles. The van der Waals surface area contributed by atoms with Gasteiger partial charge in [0.1, 0.15) is 18.0 Å². The zero-order valence-electron chi connectivity index (χ0n) is 22.0. The van der Waals surface area contributed by atoms with Crippen LogP contribution in [0, 0.1) is 0 Å². The third-order valence-electron chi connectivity index (χ3n) is 7.07. The topological polar surface area (TPSA) is 132 Å². The number of nitrogens with one attached hydrogen (secondary N) is 2. The fourth-order valence-electron chi connectivity index (χ4n) is 4.72. The van der Waals surface area contributed by atoms with Gasteiger partial charge in [-0.3, -0.25) is 14.6 Å². The van der Waals surface area contributed by atoms with Crippen molar-refractivity contribution in [3.05, 3.63) is 71.4 Å². The Kier molecular flexibility index (Phi) is 7.42. The van der Waals surface area contributed by atoms with E-state index in [2.05, 4.69) is 25.7 Å². The number of carbonyl (C=O) groups excluding carboxylic acids is 2. The minimum Gasteiger partial charge on any atom is -0.497 e. The van der Waals surface area contributed by atoms with Crippen molar-refractivity contribution in [2.24, 2.45) is 5.10 Å². The van der Waals surface area contributed by atoms with E-state index in [-0.39, 0.29) is 24.6 Å². The first-order chi connectivity index (χ1) is 18.9. The summed E-state index contributed by atoms with van der Waals surface area (Å²) in [5.74, 6) is 0.517. The summed E-state index contributed by atoms with van der Waals surface area (Å²) in [6.45, 7) is 1.71. The van der Waals surface area contributed by atoms with Crippen molar-refractivity contribution in [2.45, 2.75) is 38.1 Å². The van der Waals surface area contributed by atoms with E-state index in [4.69, 9.17) is 4.74 Å². The number of nitrogens with zero attached hydrogens (tertiary/aromatic N) is 5. The molecule has 2 aromatic carbocycles. The van der Waals surface area contributed by atoms with E-state index >= 15 is 0 Å². The Bertz CT molecular complexity index is 1410. The number of aliphatic hydroxyl groups excluding tert-OH is 1. The summed E-state index contributed by atoms with van der Waals surface area (Å²) >= 11 is 0. The van der Waals surface area contributed by atoms with Gasteiger partial charge < -0.3 is 25.4 Å². The molecule has 3 aromatic rings. The lowest BCUT2D eigenvalue weighted by molar-refractivity contribution is -0.126. The van der Waals surface area contributed by atoms with Crippen LogP contribution in [0.1, 0.15) is 40.9 Å². The number of amides is 2. The normalized spacial score (nSPS) is 17.6. The predicted molar refractivity (Wildman–Crippen MR) is 146 cm³/mol. The van der Waals surface area contributed by atoms with Crippen LogP contribution in [0.25, 0.3) is 11.3 Å². The average Bonchev–Trinajstić information content (AvgIpc) is 3.52. The third-order valence-corrected chi connectivity index (χ3v) is 7.07.